The molecule has 0 aromatic carbocycles. The van der Waals surface area contributed by atoms with Crippen LogP contribution in [-0.2, 0) is 4.74 Å². The molecule has 1 aliphatic heterocycles. The zero-order valence-electron chi connectivity index (χ0n) is 11.8. The topological polar surface area (TPSA) is 67.6 Å². The first-order valence-corrected chi connectivity index (χ1v) is 8.00. The van der Waals surface area contributed by atoms with Crippen molar-refractivity contribution in [1.29, 1.82) is 0 Å². The first-order valence-electron chi connectivity index (χ1n) is 7.18. The van der Waals surface area contributed by atoms with Crippen molar-refractivity contribution in [1.82, 2.24) is 5.32 Å². The van der Waals surface area contributed by atoms with Gasteiger partial charge in [-0.1, -0.05) is 0 Å². The smallest absolute Gasteiger partial charge is 0.350 e. The molecular formula is C14H21N3O2S. The van der Waals surface area contributed by atoms with Crippen molar-refractivity contribution >= 4 is 28.0 Å². The lowest BCUT2D eigenvalue weighted by atomic mass is 10.1. The summed E-state index contributed by atoms with van der Waals surface area (Å²) >= 11 is 1.50. The molecule has 5 nitrogen and oxygen atoms in total. The predicted octanol–water partition coefficient (Wildman–Crippen LogP) is 1.79. The zero-order chi connectivity index (χ0) is 14.1. The molecule has 3 rings (SSSR count). The van der Waals surface area contributed by atoms with Crippen molar-refractivity contribution in [3.05, 3.63) is 10.4 Å². The van der Waals surface area contributed by atoms with Gasteiger partial charge >= 0.3 is 5.97 Å². The Labute approximate surface area is 123 Å². The van der Waals surface area contributed by atoms with E-state index in [1.807, 2.05) is 0 Å². The summed E-state index contributed by atoms with van der Waals surface area (Å²) in [6, 6.07) is 0. The van der Waals surface area contributed by atoms with E-state index in [4.69, 9.17) is 10.5 Å². The zero-order valence-corrected chi connectivity index (χ0v) is 12.6. The number of nitrogen functional groups attached to an aromatic ring is 1. The molecule has 0 spiro atoms. The van der Waals surface area contributed by atoms with Crippen LogP contribution in [0, 0.1) is 0 Å². The first-order chi connectivity index (χ1) is 9.72. The molecule has 0 radical (unpaired) electrons. The van der Waals surface area contributed by atoms with Gasteiger partial charge in [-0.25, -0.2) is 4.79 Å². The van der Waals surface area contributed by atoms with Gasteiger partial charge in [0.25, 0.3) is 0 Å². The minimum absolute atomic E-state index is 0.311. The lowest BCUT2D eigenvalue weighted by Crippen LogP contribution is -2.27. The fourth-order valence-corrected chi connectivity index (χ4v) is 4.02. The maximum Gasteiger partial charge on any atom is 0.350 e. The van der Waals surface area contributed by atoms with Gasteiger partial charge in [-0.15, -0.1) is 11.3 Å². The highest BCUT2D eigenvalue weighted by Gasteiger charge is 2.34. The summed E-state index contributed by atoms with van der Waals surface area (Å²) in [6.07, 6.45) is 3.48. The molecule has 3 N–H and O–H groups in total. The van der Waals surface area contributed by atoms with Crippen LogP contribution in [0.1, 0.15) is 40.4 Å². The highest BCUT2D eigenvalue weighted by Crippen LogP contribution is 2.52. The highest BCUT2D eigenvalue weighted by atomic mass is 32.1. The highest BCUT2D eigenvalue weighted by molar-refractivity contribution is 7.18. The number of rotatable bonds is 3. The van der Waals surface area contributed by atoms with Gasteiger partial charge in [-0.3, -0.25) is 0 Å². The fraction of sp³-hybridized carbons (Fsp3) is 0.643. The number of hydrogen-bond donors (Lipinski definition) is 2. The second-order valence-electron chi connectivity index (χ2n) is 5.42. The van der Waals surface area contributed by atoms with Gasteiger partial charge in [-0.2, -0.15) is 0 Å². The summed E-state index contributed by atoms with van der Waals surface area (Å²) in [5.74, 6) is 0.226. The number of nitrogens with zero attached hydrogens (tertiary/aromatic N) is 1. The van der Waals surface area contributed by atoms with Gasteiger partial charge in [0.2, 0.25) is 0 Å². The summed E-state index contributed by atoms with van der Waals surface area (Å²) < 4.78 is 4.86. The summed E-state index contributed by atoms with van der Waals surface area (Å²) in [5, 5.41) is 4.60. The van der Waals surface area contributed by atoms with E-state index in [0.29, 0.717) is 16.5 Å². The summed E-state index contributed by atoms with van der Waals surface area (Å²) in [6.45, 7) is 4.03. The van der Waals surface area contributed by atoms with Gasteiger partial charge in [0.1, 0.15) is 4.88 Å². The van der Waals surface area contributed by atoms with E-state index >= 15 is 0 Å². The van der Waals surface area contributed by atoms with Gasteiger partial charge in [0, 0.05) is 25.2 Å². The van der Waals surface area contributed by atoms with Crippen molar-refractivity contribution in [2.24, 2.45) is 0 Å². The molecule has 0 bridgehead atoms. The number of carbonyl (C=O) groups excluding carboxylic acids is 1. The molecule has 1 aromatic heterocycles. The number of nitrogens with one attached hydrogen (secondary N) is 1. The number of thiophene rings is 1. The maximum absolute atomic E-state index is 11.9. The average Bonchev–Trinajstić information content (AvgIpc) is 3.26. The first kappa shape index (κ1) is 13.7. The van der Waals surface area contributed by atoms with E-state index < -0.39 is 0 Å². The van der Waals surface area contributed by atoms with Crippen LogP contribution < -0.4 is 16.0 Å². The van der Waals surface area contributed by atoms with Crippen molar-refractivity contribution in [3.63, 3.8) is 0 Å². The van der Waals surface area contributed by atoms with E-state index in [-0.39, 0.29) is 5.97 Å². The Kier molecular flexibility index (Phi) is 3.85. The molecule has 1 saturated heterocycles. The number of carbonyl (C=O) groups is 1. The van der Waals surface area contributed by atoms with Crippen LogP contribution in [0.15, 0.2) is 0 Å². The number of hydrogen-bond acceptors (Lipinski definition) is 6. The average molecular weight is 295 g/mol. The van der Waals surface area contributed by atoms with E-state index in [9.17, 15) is 4.79 Å². The number of nitrogens with two attached hydrogens (primary N) is 1. The molecule has 1 aromatic rings. The number of anilines is 2. The van der Waals surface area contributed by atoms with Gasteiger partial charge in [-0.05, 0) is 31.7 Å². The Morgan fingerprint density at radius 1 is 1.40 bits per heavy atom. The quantitative estimate of drug-likeness (QED) is 0.832. The Bertz CT molecular complexity index is 503. The molecule has 0 amide bonds. The van der Waals surface area contributed by atoms with Gasteiger partial charge in [0.05, 0.1) is 17.8 Å². The summed E-state index contributed by atoms with van der Waals surface area (Å²) in [5.41, 5.74) is 8.08. The van der Waals surface area contributed by atoms with Crippen LogP contribution in [0.5, 0.6) is 0 Å². The molecule has 6 heteroatoms. The molecule has 2 aliphatic rings. The van der Waals surface area contributed by atoms with Crippen molar-refractivity contribution in [2.45, 2.75) is 25.2 Å². The Hall–Kier alpha value is -1.27. The molecule has 20 heavy (non-hydrogen) atoms. The Balaban J connectivity index is 1.97. The molecule has 0 atom stereocenters. The van der Waals surface area contributed by atoms with Crippen LogP contribution >= 0.6 is 11.3 Å². The normalized spacial score (nSPS) is 19.8. The lowest BCUT2D eigenvalue weighted by molar-refractivity contribution is 0.0607. The van der Waals surface area contributed by atoms with Crippen LogP contribution in [0.3, 0.4) is 0 Å². The maximum atomic E-state index is 11.9. The SMILES string of the molecule is COC(=O)c1sc(N2CCCNCC2)c(C2CC2)c1N. The number of esters is 1. The summed E-state index contributed by atoms with van der Waals surface area (Å²) in [7, 11) is 1.41. The van der Waals surface area contributed by atoms with Crippen LogP contribution in [0.4, 0.5) is 10.7 Å². The fourth-order valence-electron chi connectivity index (χ4n) is 2.74. The van der Waals surface area contributed by atoms with E-state index in [1.165, 1.54) is 41.9 Å². The molecule has 0 unspecified atom stereocenters. The van der Waals surface area contributed by atoms with Gasteiger partial charge < -0.3 is 20.7 Å². The second kappa shape index (κ2) is 5.61. The Morgan fingerprint density at radius 3 is 2.90 bits per heavy atom. The third kappa shape index (κ3) is 2.50. The van der Waals surface area contributed by atoms with E-state index in [0.717, 1.165) is 32.6 Å². The molecule has 1 aliphatic carbocycles. The predicted molar refractivity (Wildman–Crippen MR) is 81.7 cm³/mol. The van der Waals surface area contributed by atoms with Crippen LogP contribution in [0.2, 0.25) is 0 Å². The van der Waals surface area contributed by atoms with Crippen molar-refractivity contribution in [3.8, 4) is 0 Å². The molecular weight excluding hydrogens is 274 g/mol. The monoisotopic (exact) mass is 295 g/mol. The van der Waals surface area contributed by atoms with E-state index in [2.05, 4.69) is 10.2 Å². The molecule has 2 heterocycles. The molecule has 1 saturated carbocycles. The second-order valence-corrected chi connectivity index (χ2v) is 6.42. The Morgan fingerprint density at radius 2 is 2.20 bits per heavy atom. The van der Waals surface area contributed by atoms with Crippen LogP contribution in [0.25, 0.3) is 0 Å². The van der Waals surface area contributed by atoms with E-state index in [1.54, 1.807) is 0 Å². The molecule has 2 fully saturated rings. The molecule has 110 valence electrons. The third-order valence-corrected chi connectivity index (χ3v) is 5.21. The van der Waals surface area contributed by atoms with Crippen molar-refractivity contribution in [2.75, 3.05) is 43.9 Å². The number of ether oxygens (including phenoxy) is 1. The minimum atomic E-state index is -0.311. The summed E-state index contributed by atoms with van der Waals surface area (Å²) in [4.78, 5) is 14.8. The van der Waals surface area contributed by atoms with Crippen LogP contribution in [-0.4, -0.2) is 39.3 Å². The largest absolute Gasteiger partial charge is 0.465 e. The third-order valence-electron chi connectivity index (χ3n) is 3.95. The van der Waals surface area contributed by atoms with Crippen molar-refractivity contribution < 1.29 is 9.53 Å². The number of methoxy groups -OCH3 is 1. The standard InChI is InChI=1S/C14H21N3O2S/c1-19-14(18)12-11(15)10(9-3-4-9)13(20-12)17-7-2-5-16-6-8-17/h9,16H,2-8,15H2,1H3. The minimum Gasteiger partial charge on any atom is -0.465 e. The van der Waals surface area contributed by atoms with Gasteiger partial charge in [0.15, 0.2) is 0 Å². The lowest BCUT2D eigenvalue weighted by Gasteiger charge is -2.22.